The molecule has 10 aromatic carbocycles. The van der Waals surface area contributed by atoms with Crippen molar-refractivity contribution in [3.8, 4) is 11.4 Å². The minimum atomic E-state index is 1.17. The number of para-hydroxylation sites is 3. The quantitative estimate of drug-likeness (QED) is 0.133. The predicted molar refractivity (Wildman–Crippen MR) is 214 cm³/mol. The second-order valence-corrected chi connectivity index (χ2v) is 13.7. The zero-order valence-corrected chi connectivity index (χ0v) is 27.1. The van der Waals surface area contributed by atoms with Gasteiger partial charge >= 0.3 is 0 Å². The van der Waals surface area contributed by atoms with Gasteiger partial charge in [-0.05, 0) is 102 Å². The Morgan fingerprint density at radius 3 is 1.08 bits per heavy atom. The van der Waals surface area contributed by atoms with Gasteiger partial charge in [0.15, 0.2) is 0 Å². The smallest absolute Gasteiger partial charge is 0.0542 e. The number of nitrogens with zero attached hydrogens (tertiary/aromatic N) is 2. The first kappa shape index (κ1) is 26.3. The van der Waals surface area contributed by atoms with Gasteiger partial charge in [-0.2, -0.15) is 0 Å². The molecule has 0 aliphatic carbocycles. The number of hydrogen-bond donors (Lipinski definition) is 0. The Bertz CT molecular complexity index is 3220. The van der Waals surface area contributed by atoms with Crippen LogP contribution in [0.3, 0.4) is 0 Å². The Morgan fingerprint density at radius 1 is 0.220 bits per heavy atom. The summed E-state index contributed by atoms with van der Waals surface area (Å²) < 4.78 is 4.90. The van der Waals surface area contributed by atoms with Gasteiger partial charge in [0.25, 0.3) is 0 Å². The molecule has 12 rings (SSSR count). The van der Waals surface area contributed by atoms with Crippen LogP contribution < -0.4 is 0 Å². The van der Waals surface area contributed by atoms with E-state index in [4.69, 9.17) is 0 Å². The molecule has 0 radical (unpaired) electrons. The first-order valence-corrected chi connectivity index (χ1v) is 17.4. The standard InChI is InChI=1S/C48H28N2/c1-3-14-33-31(12-1)38-19-11-20-39-32-13-2-4-15-34(32)42-28-30(27-41(33)48(42)47(38)39)50-45-23-10-7-18-37(45)40-26-29(24-25-46(40)50)49-43-21-8-5-16-35(43)36-17-6-9-22-44(36)49/h1-28H. The Balaban J connectivity index is 1.22. The number of rotatable bonds is 2. The molecular weight excluding hydrogens is 605 g/mol. The molecule has 12 aromatic rings. The van der Waals surface area contributed by atoms with Crippen molar-refractivity contribution in [2.24, 2.45) is 0 Å². The molecule has 2 aromatic heterocycles. The highest BCUT2D eigenvalue weighted by atomic mass is 15.0. The monoisotopic (exact) mass is 632 g/mol. The van der Waals surface area contributed by atoms with Crippen molar-refractivity contribution in [1.82, 2.24) is 9.13 Å². The van der Waals surface area contributed by atoms with Crippen LogP contribution in [0.4, 0.5) is 0 Å². The van der Waals surface area contributed by atoms with E-state index in [1.807, 2.05) is 0 Å². The molecule has 0 unspecified atom stereocenters. The summed E-state index contributed by atoms with van der Waals surface area (Å²) in [7, 11) is 0. The molecule has 50 heavy (non-hydrogen) atoms. The van der Waals surface area contributed by atoms with E-state index in [0.717, 1.165) is 0 Å². The molecule has 0 saturated heterocycles. The average Bonchev–Trinajstić information content (AvgIpc) is 3.70. The highest BCUT2D eigenvalue weighted by Gasteiger charge is 2.20. The third-order valence-corrected chi connectivity index (χ3v) is 11.2. The first-order valence-electron chi connectivity index (χ1n) is 17.4. The van der Waals surface area contributed by atoms with E-state index in [1.165, 1.54) is 109 Å². The van der Waals surface area contributed by atoms with Crippen molar-refractivity contribution in [3.05, 3.63) is 170 Å². The first-order chi connectivity index (χ1) is 24.8. The van der Waals surface area contributed by atoms with E-state index in [0.29, 0.717) is 0 Å². The fourth-order valence-corrected chi connectivity index (χ4v) is 9.21. The van der Waals surface area contributed by atoms with E-state index < -0.39 is 0 Å². The third-order valence-electron chi connectivity index (χ3n) is 11.2. The lowest BCUT2D eigenvalue weighted by Gasteiger charge is -2.19. The molecule has 0 fully saturated rings. The molecule has 0 atom stereocenters. The molecular formula is C48H28N2. The molecule has 0 aliphatic rings. The zero-order valence-electron chi connectivity index (χ0n) is 27.1. The van der Waals surface area contributed by atoms with Crippen LogP contribution in [0.1, 0.15) is 0 Å². The van der Waals surface area contributed by atoms with Crippen molar-refractivity contribution >= 4 is 97.5 Å². The molecule has 0 amide bonds. The van der Waals surface area contributed by atoms with Gasteiger partial charge in [-0.25, -0.2) is 0 Å². The number of aromatic nitrogens is 2. The summed E-state index contributed by atoms with van der Waals surface area (Å²) in [5.41, 5.74) is 7.22. The molecule has 0 aliphatic heterocycles. The fraction of sp³-hybridized carbons (Fsp3) is 0. The molecule has 230 valence electrons. The largest absolute Gasteiger partial charge is 0.309 e. The maximum atomic E-state index is 2.48. The Hall–Kier alpha value is -6.64. The topological polar surface area (TPSA) is 9.86 Å². The lowest BCUT2D eigenvalue weighted by Crippen LogP contribution is -1.97. The summed E-state index contributed by atoms with van der Waals surface area (Å²) in [6.45, 7) is 0. The number of hydrogen-bond acceptors (Lipinski definition) is 0. The van der Waals surface area contributed by atoms with E-state index >= 15 is 0 Å². The van der Waals surface area contributed by atoms with Gasteiger partial charge in [0.05, 0.1) is 22.1 Å². The molecule has 0 saturated carbocycles. The summed E-state index contributed by atoms with van der Waals surface area (Å²) in [6, 6.07) is 63.0. The fourth-order valence-electron chi connectivity index (χ4n) is 9.21. The van der Waals surface area contributed by atoms with Gasteiger partial charge in [-0.1, -0.05) is 121 Å². The summed E-state index contributed by atoms with van der Waals surface area (Å²) >= 11 is 0. The minimum absolute atomic E-state index is 1.17. The molecule has 2 nitrogen and oxygen atoms in total. The van der Waals surface area contributed by atoms with Crippen LogP contribution in [-0.4, -0.2) is 9.13 Å². The molecule has 0 spiro atoms. The van der Waals surface area contributed by atoms with E-state index in [2.05, 4.69) is 179 Å². The van der Waals surface area contributed by atoms with E-state index in [9.17, 15) is 0 Å². The lowest BCUT2D eigenvalue weighted by atomic mass is 9.86. The van der Waals surface area contributed by atoms with Crippen LogP contribution in [0.2, 0.25) is 0 Å². The molecule has 2 heteroatoms. The molecule has 0 bridgehead atoms. The normalized spacial score (nSPS) is 12.4. The average molecular weight is 633 g/mol. The number of benzene rings is 10. The number of fused-ring (bicyclic) bond motifs is 12. The summed E-state index contributed by atoms with van der Waals surface area (Å²) in [5.74, 6) is 0. The van der Waals surface area contributed by atoms with Gasteiger partial charge in [0.2, 0.25) is 0 Å². The van der Waals surface area contributed by atoms with Crippen molar-refractivity contribution in [1.29, 1.82) is 0 Å². The predicted octanol–water partition coefficient (Wildman–Crippen LogP) is 13.1. The van der Waals surface area contributed by atoms with Gasteiger partial charge < -0.3 is 9.13 Å². The van der Waals surface area contributed by atoms with Crippen molar-refractivity contribution in [2.75, 3.05) is 0 Å². The summed E-state index contributed by atoms with van der Waals surface area (Å²) in [6.07, 6.45) is 0. The maximum absolute atomic E-state index is 2.48. The second kappa shape index (κ2) is 9.49. The Kier molecular flexibility index (Phi) is 5.00. The zero-order chi connectivity index (χ0) is 32.5. The van der Waals surface area contributed by atoms with Crippen LogP contribution in [0.25, 0.3) is 109 Å². The van der Waals surface area contributed by atoms with Gasteiger partial charge in [-0.15, -0.1) is 0 Å². The SMILES string of the molecule is c1ccc2c(c1)c1cccc3c4ccccc4c4cc(-n5c6ccccc6c6cc(-n7c8ccccc8c8ccccc87)ccc65)cc2c4c13. The highest BCUT2D eigenvalue weighted by molar-refractivity contribution is 6.40. The van der Waals surface area contributed by atoms with Gasteiger partial charge in [0.1, 0.15) is 0 Å². The van der Waals surface area contributed by atoms with Gasteiger partial charge in [-0.3, -0.25) is 0 Å². The Labute approximate surface area is 286 Å². The van der Waals surface area contributed by atoms with Crippen LogP contribution >= 0.6 is 0 Å². The lowest BCUT2D eigenvalue weighted by molar-refractivity contribution is 1.17. The third kappa shape index (κ3) is 3.28. The van der Waals surface area contributed by atoms with Crippen LogP contribution in [0.15, 0.2) is 170 Å². The van der Waals surface area contributed by atoms with Crippen molar-refractivity contribution in [3.63, 3.8) is 0 Å². The van der Waals surface area contributed by atoms with Crippen molar-refractivity contribution in [2.45, 2.75) is 0 Å². The van der Waals surface area contributed by atoms with Crippen LogP contribution in [-0.2, 0) is 0 Å². The van der Waals surface area contributed by atoms with Crippen LogP contribution in [0, 0.1) is 0 Å². The Morgan fingerprint density at radius 2 is 0.560 bits per heavy atom. The molecule has 0 N–H and O–H groups in total. The highest BCUT2D eigenvalue weighted by Crippen LogP contribution is 2.46. The van der Waals surface area contributed by atoms with E-state index in [-0.39, 0.29) is 0 Å². The van der Waals surface area contributed by atoms with Gasteiger partial charge in [0, 0.05) is 32.9 Å². The minimum Gasteiger partial charge on any atom is -0.309 e. The maximum Gasteiger partial charge on any atom is 0.0542 e. The second-order valence-electron chi connectivity index (χ2n) is 13.7. The van der Waals surface area contributed by atoms with Crippen molar-refractivity contribution < 1.29 is 0 Å². The summed E-state index contributed by atoms with van der Waals surface area (Å²) in [5, 5.41) is 18.2. The molecule has 2 heterocycles. The van der Waals surface area contributed by atoms with Crippen LogP contribution in [0.5, 0.6) is 0 Å². The van der Waals surface area contributed by atoms with E-state index in [1.54, 1.807) is 0 Å². The summed E-state index contributed by atoms with van der Waals surface area (Å²) in [4.78, 5) is 0.